The molecule has 0 aliphatic carbocycles. The van der Waals surface area contributed by atoms with E-state index in [1.54, 1.807) is 0 Å². The molecular formula is C19H24N2O. The zero-order valence-electron chi connectivity index (χ0n) is 12.9. The second-order valence-electron chi connectivity index (χ2n) is 5.96. The Bertz CT molecular complexity index is 579. The van der Waals surface area contributed by atoms with Crippen molar-refractivity contribution in [1.82, 2.24) is 5.32 Å². The van der Waals surface area contributed by atoms with E-state index >= 15 is 0 Å². The molecule has 116 valence electrons. The third-order valence-electron chi connectivity index (χ3n) is 4.38. The van der Waals surface area contributed by atoms with E-state index in [-0.39, 0.29) is 6.04 Å². The summed E-state index contributed by atoms with van der Waals surface area (Å²) in [5.41, 5.74) is 8.82. The van der Waals surface area contributed by atoms with Crippen LogP contribution in [0.4, 0.5) is 0 Å². The molecule has 0 amide bonds. The molecule has 2 aromatic carbocycles. The lowest BCUT2D eigenvalue weighted by molar-refractivity contribution is 0.302. The first-order chi connectivity index (χ1) is 10.8. The topological polar surface area (TPSA) is 47.3 Å². The molecule has 1 saturated heterocycles. The van der Waals surface area contributed by atoms with Gasteiger partial charge in [-0.2, -0.15) is 0 Å². The van der Waals surface area contributed by atoms with Gasteiger partial charge in [-0.3, -0.25) is 0 Å². The van der Waals surface area contributed by atoms with Crippen LogP contribution in [-0.4, -0.2) is 13.1 Å². The number of nitrogens with one attached hydrogen (secondary N) is 1. The van der Waals surface area contributed by atoms with Gasteiger partial charge in [-0.1, -0.05) is 42.5 Å². The fourth-order valence-electron chi connectivity index (χ4n) is 3.03. The van der Waals surface area contributed by atoms with Crippen LogP contribution in [0, 0.1) is 5.92 Å². The van der Waals surface area contributed by atoms with Crippen LogP contribution in [0.15, 0.2) is 54.6 Å². The summed E-state index contributed by atoms with van der Waals surface area (Å²) in [5, 5.41) is 3.39. The van der Waals surface area contributed by atoms with Gasteiger partial charge in [0.05, 0.1) is 0 Å². The molecule has 0 radical (unpaired) electrons. The molecule has 0 aromatic heterocycles. The molecule has 1 aliphatic rings. The molecule has 0 spiro atoms. The van der Waals surface area contributed by atoms with Crippen LogP contribution >= 0.6 is 0 Å². The summed E-state index contributed by atoms with van der Waals surface area (Å²) in [7, 11) is 0. The summed E-state index contributed by atoms with van der Waals surface area (Å²) in [4.78, 5) is 0. The van der Waals surface area contributed by atoms with Crippen LogP contribution in [0.5, 0.6) is 5.75 Å². The summed E-state index contributed by atoms with van der Waals surface area (Å²) >= 11 is 0. The standard InChI is InChI=1S/C19H24N2O/c20-19(16-9-11-21-12-10-16)17-7-4-8-18(13-17)22-14-15-5-2-1-3-6-15/h1-8,13,16,19,21H,9-12,14,20H2/t19-/m1/s1. The zero-order chi connectivity index (χ0) is 15.2. The van der Waals surface area contributed by atoms with Crippen LogP contribution in [0.25, 0.3) is 0 Å². The van der Waals surface area contributed by atoms with Gasteiger partial charge < -0.3 is 15.8 Å². The lowest BCUT2D eigenvalue weighted by Crippen LogP contribution is -2.33. The number of nitrogens with two attached hydrogens (primary N) is 1. The third-order valence-corrected chi connectivity index (χ3v) is 4.38. The van der Waals surface area contributed by atoms with E-state index in [0.717, 1.165) is 31.7 Å². The number of ether oxygens (including phenoxy) is 1. The highest BCUT2D eigenvalue weighted by Gasteiger charge is 2.21. The first-order valence-corrected chi connectivity index (χ1v) is 8.06. The van der Waals surface area contributed by atoms with Gasteiger partial charge in [0, 0.05) is 6.04 Å². The Hall–Kier alpha value is -1.84. The van der Waals surface area contributed by atoms with E-state index in [0.29, 0.717) is 12.5 Å². The van der Waals surface area contributed by atoms with Gasteiger partial charge in [0.2, 0.25) is 0 Å². The number of benzene rings is 2. The van der Waals surface area contributed by atoms with Gasteiger partial charge >= 0.3 is 0 Å². The van der Waals surface area contributed by atoms with E-state index in [1.807, 2.05) is 30.3 Å². The minimum Gasteiger partial charge on any atom is -0.489 e. The average Bonchev–Trinajstić information content (AvgIpc) is 2.61. The van der Waals surface area contributed by atoms with Crippen LogP contribution in [0.1, 0.15) is 30.0 Å². The fourth-order valence-corrected chi connectivity index (χ4v) is 3.03. The predicted molar refractivity (Wildman–Crippen MR) is 89.7 cm³/mol. The number of hydrogen-bond acceptors (Lipinski definition) is 3. The molecule has 3 rings (SSSR count). The molecule has 2 aromatic rings. The summed E-state index contributed by atoms with van der Waals surface area (Å²) < 4.78 is 5.90. The maximum Gasteiger partial charge on any atom is 0.120 e. The fraction of sp³-hybridized carbons (Fsp3) is 0.368. The summed E-state index contributed by atoms with van der Waals surface area (Å²) in [6, 6.07) is 18.6. The average molecular weight is 296 g/mol. The minimum atomic E-state index is 0.0994. The predicted octanol–water partition coefficient (Wildman–Crippen LogP) is 3.27. The molecule has 0 bridgehead atoms. The van der Waals surface area contributed by atoms with E-state index in [4.69, 9.17) is 10.5 Å². The first-order valence-electron chi connectivity index (χ1n) is 8.06. The summed E-state index contributed by atoms with van der Waals surface area (Å²) in [5.74, 6) is 1.45. The molecular weight excluding hydrogens is 272 g/mol. The van der Waals surface area contributed by atoms with Crippen LogP contribution in [0.2, 0.25) is 0 Å². The summed E-state index contributed by atoms with van der Waals surface area (Å²) in [6.07, 6.45) is 2.30. The van der Waals surface area contributed by atoms with Gasteiger partial charge in [0.15, 0.2) is 0 Å². The highest BCUT2D eigenvalue weighted by atomic mass is 16.5. The van der Waals surface area contributed by atoms with Crippen molar-refractivity contribution in [2.45, 2.75) is 25.5 Å². The van der Waals surface area contributed by atoms with Crippen molar-refractivity contribution in [2.75, 3.05) is 13.1 Å². The van der Waals surface area contributed by atoms with Crippen molar-refractivity contribution in [3.63, 3.8) is 0 Å². The lowest BCUT2D eigenvalue weighted by atomic mass is 9.86. The number of hydrogen-bond donors (Lipinski definition) is 2. The zero-order valence-corrected chi connectivity index (χ0v) is 12.9. The summed E-state index contributed by atoms with van der Waals surface area (Å²) in [6.45, 7) is 2.73. The van der Waals surface area contributed by atoms with E-state index < -0.39 is 0 Å². The monoisotopic (exact) mass is 296 g/mol. The second-order valence-corrected chi connectivity index (χ2v) is 5.96. The van der Waals surface area contributed by atoms with Crippen molar-refractivity contribution in [3.8, 4) is 5.75 Å². The second kappa shape index (κ2) is 7.43. The highest BCUT2D eigenvalue weighted by molar-refractivity contribution is 5.31. The molecule has 3 N–H and O–H groups in total. The molecule has 1 atom stereocenters. The normalized spacial score (nSPS) is 17.1. The first kappa shape index (κ1) is 15.1. The van der Waals surface area contributed by atoms with E-state index in [9.17, 15) is 0 Å². The van der Waals surface area contributed by atoms with E-state index in [2.05, 4.69) is 29.6 Å². The Morgan fingerprint density at radius 3 is 2.59 bits per heavy atom. The molecule has 22 heavy (non-hydrogen) atoms. The Labute approximate surface area is 132 Å². The van der Waals surface area contributed by atoms with Crippen LogP contribution in [-0.2, 0) is 6.61 Å². The largest absolute Gasteiger partial charge is 0.489 e. The lowest BCUT2D eigenvalue weighted by Gasteiger charge is -2.28. The molecule has 0 unspecified atom stereocenters. The van der Waals surface area contributed by atoms with Crippen molar-refractivity contribution >= 4 is 0 Å². The number of piperidine rings is 1. The van der Waals surface area contributed by atoms with Gasteiger partial charge in [-0.15, -0.1) is 0 Å². The Morgan fingerprint density at radius 2 is 1.82 bits per heavy atom. The van der Waals surface area contributed by atoms with Crippen molar-refractivity contribution in [3.05, 3.63) is 65.7 Å². The molecule has 1 fully saturated rings. The Balaban J connectivity index is 1.64. The molecule has 1 aliphatic heterocycles. The van der Waals surface area contributed by atoms with Gasteiger partial charge in [0.25, 0.3) is 0 Å². The highest BCUT2D eigenvalue weighted by Crippen LogP contribution is 2.28. The van der Waals surface area contributed by atoms with Gasteiger partial charge in [0.1, 0.15) is 12.4 Å². The quantitative estimate of drug-likeness (QED) is 0.890. The maximum absolute atomic E-state index is 6.46. The smallest absolute Gasteiger partial charge is 0.120 e. The maximum atomic E-state index is 6.46. The van der Waals surface area contributed by atoms with Crippen molar-refractivity contribution in [1.29, 1.82) is 0 Å². The SMILES string of the molecule is N[C@@H](c1cccc(OCc2ccccc2)c1)C1CCNCC1. The van der Waals surface area contributed by atoms with Gasteiger partial charge in [-0.05, 0) is 55.1 Å². The molecule has 3 nitrogen and oxygen atoms in total. The van der Waals surface area contributed by atoms with Crippen LogP contribution < -0.4 is 15.8 Å². The van der Waals surface area contributed by atoms with Crippen molar-refractivity contribution < 1.29 is 4.74 Å². The Morgan fingerprint density at radius 1 is 1.05 bits per heavy atom. The third kappa shape index (κ3) is 3.87. The molecule has 3 heteroatoms. The molecule has 1 heterocycles. The van der Waals surface area contributed by atoms with E-state index in [1.165, 1.54) is 11.1 Å². The Kier molecular flexibility index (Phi) is 5.09. The minimum absolute atomic E-state index is 0.0994. The molecule has 0 saturated carbocycles. The number of rotatable bonds is 5. The van der Waals surface area contributed by atoms with Crippen LogP contribution in [0.3, 0.4) is 0 Å². The van der Waals surface area contributed by atoms with Crippen molar-refractivity contribution in [2.24, 2.45) is 11.7 Å². The van der Waals surface area contributed by atoms with Gasteiger partial charge in [-0.25, -0.2) is 0 Å².